The average Bonchev–Trinajstić information content (AvgIpc) is 2.61. The lowest BCUT2D eigenvalue weighted by atomic mass is 9.97. The molecule has 1 aromatic carbocycles. The number of nitrogens with one attached hydrogen (secondary N) is 1. The van der Waals surface area contributed by atoms with Gasteiger partial charge >= 0.3 is 0 Å². The van der Waals surface area contributed by atoms with Crippen LogP contribution in [-0.4, -0.2) is 68.8 Å². The summed E-state index contributed by atoms with van der Waals surface area (Å²) in [5.74, 6) is 0.598. The summed E-state index contributed by atoms with van der Waals surface area (Å²) in [6, 6.07) is 9.82. The van der Waals surface area contributed by atoms with Gasteiger partial charge in [-0.2, -0.15) is 0 Å². The maximum atomic E-state index is 5.51. The molecule has 4 nitrogen and oxygen atoms in total. The van der Waals surface area contributed by atoms with E-state index in [1.807, 2.05) is 0 Å². The molecular weight excluding hydrogens is 286 g/mol. The Balaban J connectivity index is 1.75. The molecule has 0 radical (unpaired) electrons. The van der Waals surface area contributed by atoms with Crippen LogP contribution in [0.5, 0.6) is 0 Å². The molecule has 0 amide bonds. The first-order valence-corrected chi connectivity index (χ1v) is 9.09. The molecule has 0 bridgehead atoms. The van der Waals surface area contributed by atoms with E-state index in [-0.39, 0.29) is 0 Å². The zero-order valence-corrected chi connectivity index (χ0v) is 14.6. The van der Waals surface area contributed by atoms with Crippen molar-refractivity contribution in [3.8, 4) is 0 Å². The molecule has 1 unspecified atom stereocenters. The molecule has 2 heterocycles. The van der Waals surface area contributed by atoms with Crippen molar-refractivity contribution < 1.29 is 4.74 Å². The minimum atomic E-state index is 0.497. The van der Waals surface area contributed by atoms with Crippen LogP contribution in [0, 0.1) is 0 Å². The summed E-state index contributed by atoms with van der Waals surface area (Å²) in [5.41, 5.74) is 2.89. The highest BCUT2D eigenvalue weighted by Crippen LogP contribution is 2.25. The fourth-order valence-corrected chi connectivity index (χ4v) is 3.56. The molecule has 0 spiro atoms. The summed E-state index contributed by atoms with van der Waals surface area (Å²) >= 11 is 0. The van der Waals surface area contributed by atoms with Crippen molar-refractivity contribution >= 4 is 0 Å². The van der Waals surface area contributed by atoms with Gasteiger partial charge in [0.05, 0.1) is 13.2 Å². The fourth-order valence-electron chi connectivity index (χ4n) is 3.56. The Labute approximate surface area is 140 Å². The molecular formula is C19H31N3O. The van der Waals surface area contributed by atoms with Crippen LogP contribution in [0.25, 0.3) is 0 Å². The Hall–Kier alpha value is -0.940. The molecule has 0 aliphatic carbocycles. The van der Waals surface area contributed by atoms with Crippen molar-refractivity contribution in [1.82, 2.24) is 15.1 Å². The Bertz CT molecular complexity index is 462. The average molecular weight is 317 g/mol. The lowest BCUT2D eigenvalue weighted by molar-refractivity contribution is 0.0206. The molecule has 1 N–H and O–H groups in total. The maximum Gasteiger partial charge on any atom is 0.0594 e. The SMILES string of the molecule is CC(C)c1ccc(C(CN2CCOCC2)N2CCNCC2)cc1. The second kappa shape index (κ2) is 8.25. The lowest BCUT2D eigenvalue weighted by Gasteiger charge is -2.39. The molecule has 128 valence electrons. The number of ether oxygens (including phenoxy) is 1. The summed E-state index contributed by atoms with van der Waals surface area (Å²) in [6.07, 6.45) is 0. The first kappa shape index (κ1) is 16.9. The first-order valence-electron chi connectivity index (χ1n) is 9.09. The summed E-state index contributed by atoms with van der Waals surface area (Å²) in [6.45, 7) is 14.0. The van der Waals surface area contributed by atoms with Crippen LogP contribution in [-0.2, 0) is 4.74 Å². The van der Waals surface area contributed by atoms with Crippen LogP contribution < -0.4 is 5.32 Å². The number of piperazine rings is 1. The van der Waals surface area contributed by atoms with Crippen molar-refractivity contribution in [2.45, 2.75) is 25.8 Å². The van der Waals surface area contributed by atoms with Crippen molar-refractivity contribution in [3.63, 3.8) is 0 Å². The Morgan fingerprint density at radius 2 is 1.57 bits per heavy atom. The number of morpholine rings is 1. The van der Waals surface area contributed by atoms with Gasteiger partial charge in [0.15, 0.2) is 0 Å². The second-order valence-electron chi connectivity index (χ2n) is 7.04. The van der Waals surface area contributed by atoms with Gasteiger partial charge in [-0.25, -0.2) is 0 Å². The zero-order chi connectivity index (χ0) is 16.1. The Morgan fingerprint density at radius 1 is 0.957 bits per heavy atom. The Kier molecular flexibility index (Phi) is 6.06. The molecule has 2 aliphatic heterocycles. The van der Waals surface area contributed by atoms with E-state index in [0.29, 0.717) is 12.0 Å². The van der Waals surface area contributed by atoms with E-state index in [9.17, 15) is 0 Å². The van der Waals surface area contributed by atoms with Crippen LogP contribution in [0.15, 0.2) is 24.3 Å². The van der Waals surface area contributed by atoms with Gasteiger partial charge in [-0.3, -0.25) is 9.80 Å². The van der Waals surface area contributed by atoms with Crippen LogP contribution in [0.4, 0.5) is 0 Å². The third kappa shape index (κ3) is 4.54. The monoisotopic (exact) mass is 317 g/mol. The molecule has 3 rings (SSSR count). The normalized spacial score (nSPS) is 22.4. The summed E-state index contributed by atoms with van der Waals surface area (Å²) in [7, 11) is 0. The van der Waals surface area contributed by atoms with Crippen molar-refractivity contribution in [1.29, 1.82) is 0 Å². The fraction of sp³-hybridized carbons (Fsp3) is 0.684. The molecule has 2 fully saturated rings. The van der Waals surface area contributed by atoms with Gasteiger partial charge in [-0.1, -0.05) is 38.1 Å². The van der Waals surface area contributed by atoms with Gasteiger partial charge in [0.1, 0.15) is 0 Å². The van der Waals surface area contributed by atoms with E-state index < -0.39 is 0 Å². The summed E-state index contributed by atoms with van der Waals surface area (Å²) in [4.78, 5) is 5.21. The number of benzene rings is 1. The van der Waals surface area contributed by atoms with Gasteiger partial charge in [-0.15, -0.1) is 0 Å². The first-order chi connectivity index (χ1) is 11.2. The highest BCUT2D eigenvalue weighted by molar-refractivity contribution is 5.27. The standard InChI is InChI=1S/C19H31N3O/c1-16(2)17-3-5-18(6-4-17)19(22-9-7-20-8-10-22)15-21-11-13-23-14-12-21/h3-6,16,19-20H,7-15H2,1-2H3. The predicted molar refractivity (Wildman–Crippen MR) is 95.0 cm³/mol. The summed E-state index contributed by atoms with van der Waals surface area (Å²) in [5, 5.41) is 3.47. The summed E-state index contributed by atoms with van der Waals surface area (Å²) < 4.78 is 5.51. The second-order valence-corrected chi connectivity index (χ2v) is 7.04. The van der Waals surface area contributed by atoms with E-state index in [1.54, 1.807) is 0 Å². The Morgan fingerprint density at radius 3 is 2.17 bits per heavy atom. The van der Waals surface area contributed by atoms with Gasteiger partial charge in [-0.05, 0) is 17.0 Å². The molecule has 23 heavy (non-hydrogen) atoms. The lowest BCUT2D eigenvalue weighted by Crippen LogP contribution is -2.49. The highest BCUT2D eigenvalue weighted by Gasteiger charge is 2.25. The number of hydrogen-bond acceptors (Lipinski definition) is 4. The van der Waals surface area contributed by atoms with Gasteiger partial charge in [0.2, 0.25) is 0 Å². The zero-order valence-electron chi connectivity index (χ0n) is 14.6. The minimum absolute atomic E-state index is 0.497. The largest absolute Gasteiger partial charge is 0.379 e. The van der Waals surface area contributed by atoms with Crippen LogP contribution in [0.2, 0.25) is 0 Å². The maximum absolute atomic E-state index is 5.51. The molecule has 4 heteroatoms. The smallest absolute Gasteiger partial charge is 0.0594 e. The number of rotatable bonds is 5. The highest BCUT2D eigenvalue weighted by atomic mass is 16.5. The van der Waals surface area contributed by atoms with Crippen LogP contribution >= 0.6 is 0 Å². The third-order valence-corrected chi connectivity index (χ3v) is 5.12. The van der Waals surface area contributed by atoms with E-state index in [1.165, 1.54) is 11.1 Å². The molecule has 1 atom stereocenters. The van der Waals surface area contributed by atoms with Crippen molar-refractivity contribution in [3.05, 3.63) is 35.4 Å². The quantitative estimate of drug-likeness (QED) is 0.900. The minimum Gasteiger partial charge on any atom is -0.379 e. The van der Waals surface area contributed by atoms with Gasteiger partial charge < -0.3 is 10.1 Å². The van der Waals surface area contributed by atoms with E-state index in [2.05, 4.69) is 53.2 Å². The van der Waals surface area contributed by atoms with E-state index in [4.69, 9.17) is 4.74 Å². The number of hydrogen-bond donors (Lipinski definition) is 1. The predicted octanol–water partition coefficient (Wildman–Crippen LogP) is 2.09. The van der Waals surface area contributed by atoms with E-state index in [0.717, 1.165) is 59.0 Å². The topological polar surface area (TPSA) is 27.7 Å². The van der Waals surface area contributed by atoms with Crippen molar-refractivity contribution in [2.24, 2.45) is 0 Å². The van der Waals surface area contributed by atoms with Crippen LogP contribution in [0.1, 0.15) is 36.9 Å². The molecule has 0 aromatic heterocycles. The molecule has 1 aromatic rings. The number of nitrogens with zero attached hydrogens (tertiary/aromatic N) is 2. The van der Waals surface area contributed by atoms with Crippen LogP contribution in [0.3, 0.4) is 0 Å². The van der Waals surface area contributed by atoms with Gasteiger partial charge in [0.25, 0.3) is 0 Å². The van der Waals surface area contributed by atoms with Crippen molar-refractivity contribution in [2.75, 3.05) is 59.0 Å². The molecule has 2 saturated heterocycles. The van der Waals surface area contributed by atoms with Gasteiger partial charge in [0, 0.05) is 51.9 Å². The molecule has 0 saturated carbocycles. The third-order valence-electron chi connectivity index (χ3n) is 5.12. The van der Waals surface area contributed by atoms with E-state index >= 15 is 0 Å². The molecule has 2 aliphatic rings.